The Morgan fingerprint density at radius 1 is 1.14 bits per heavy atom. The summed E-state index contributed by atoms with van der Waals surface area (Å²) in [5.41, 5.74) is 1.80. The van der Waals surface area contributed by atoms with Gasteiger partial charge in [-0.15, -0.1) is 0 Å². The van der Waals surface area contributed by atoms with Crippen molar-refractivity contribution in [3.8, 4) is 0 Å². The fraction of sp³-hybridized carbons (Fsp3) is 0.222. The smallest absolute Gasteiger partial charge is 0.295 e. The van der Waals surface area contributed by atoms with E-state index in [2.05, 4.69) is 20.0 Å². The molecule has 0 fully saturated rings. The van der Waals surface area contributed by atoms with Gasteiger partial charge >= 0.3 is 0 Å². The number of aromatic nitrogens is 2. The van der Waals surface area contributed by atoms with Gasteiger partial charge in [0.25, 0.3) is 12.3 Å². The summed E-state index contributed by atoms with van der Waals surface area (Å²) in [4.78, 5) is 18.6. The fourth-order valence-corrected chi connectivity index (χ4v) is 3.73. The molecule has 3 aromatic rings. The minimum absolute atomic E-state index is 0.0227. The molecule has 28 heavy (non-hydrogen) atoms. The van der Waals surface area contributed by atoms with Crippen LogP contribution in [0, 0.1) is 0 Å². The number of amides is 1. The molecule has 3 rings (SSSR count). The average molecular weight is 408 g/mol. The van der Waals surface area contributed by atoms with Crippen molar-refractivity contribution in [2.45, 2.75) is 19.8 Å². The number of nitrogens with one attached hydrogen (secondary N) is 3. The van der Waals surface area contributed by atoms with Crippen LogP contribution in [0.5, 0.6) is 0 Å². The summed E-state index contributed by atoms with van der Waals surface area (Å²) in [5, 5.41) is 2.67. The van der Waals surface area contributed by atoms with Crippen molar-refractivity contribution >= 4 is 38.3 Å². The number of carbonyl (C=O) groups excluding carboxylic acids is 1. The van der Waals surface area contributed by atoms with E-state index < -0.39 is 28.2 Å². The third-order valence-corrected chi connectivity index (χ3v) is 5.35. The Morgan fingerprint density at radius 3 is 2.46 bits per heavy atom. The van der Waals surface area contributed by atoms with E-state index in [1.807, 2.05) is 0 Å². The van der Waals surface area contributed by atoms with Gasteiger partial charge in [0.15, 0.2) is 5.82 Å². The molecule has 0 bridgehead atoms. The van der Waals surface area contributed by atoms with E-state index >= 15 is 0 Å². The van der Waals surface area contributed by atoms with Crippen molar-refractivity contribution in [3.05, 3.63) is 53.9 Å². The predicted octanol–water partition coefficient (Wildman–Crippen LogP) is 3.90. The van der Waals surface area contributed by atoms with Crippen molar-refractivity contribution in [1.29, 1.82) is 0 Å². The summed E-state index contributed by atoms with van der Waals surface area (Å²) >= 11 is 0. The predicted molar refractivity (Wildman–Crippen MR) is 103 cm³/mol. The van der Waals surface area contributed by atoms with E-state index in [1.54, 1.807) is 19.1 Å². The molecular formula is C18H18F2N4O3S. The maximum atomic E-state index is 12.7. The molecule has 0 saturated heterocycles. The number of nitrogens with zero attached hydrogens (tertiary/aromatic N) is 1. The van der Waals surface area contributed by atoms with Crippen molar-refractivity contribution in [1.82, 2.24) is 9.97 Å². The molecule has 1 amide bonds. The zero-order chi connectivity index (χ0) is 20.3. The summed E-state index contributed by atoms with van der Waals surface area (Å²) < 4.78 is 51.4. The topological polar surface area (TPSA) is 104 Å². The number of carbonyl (C=O) groups is 1. The lowest BCUT2D eigenvalue weighted by atomic mass is 10.2. The van der Waals surface area contributed by atoms with E-state index in [4.69, 9.17) is 0 Å². The summed E-state index contributed by atoms with van der Waals surface area (Å²) in [6, 6.07) is 10.6. The molecule has 0 unspecified atom stereocenters. The number of rotatable bonds is 7. The molecule has 0 radical (unpaired) electrons. The first-order chi connectivity index (χ1) is 13.3. The average Bonchev–Trinajstić information content (AvgIpc) is 3.06. The molecule has 10 heteroatoms. The number of aromatic amines is 1. The van der Waals surface area contributed by atoms with Crippen molar-refractivity contribution < 1.29 is 22.0 Å². The third-order valence-electron chi connectivity index (χ3n) is 3.86. The lowest BCUT2D eigenvalue weighted by Gasteiger charge is -2.09. The quantitative estimate of drug-likeness (QED) is 0.551. The Hall–Kier alpha value is -3.01. The monoisotopic (exact) mass is 408 g/mol. The zero-order valence-corrected chi connectivity index (χ0v) is 15.7. The second-order valence-corrected chi connectivity index (χ2v) is 7.95. The molecule has 0 aliphatic rings. The van der Waals surface area contributed by atoms with Crippen LogP contribution in [-0.2, 0) is 10.0 Å². The van der Waals surface area contributed by atoms with E-state index in [-0.39, 0.29) is 11.3 Å². The van der Waals surface area contributed by atoms with Gasteiger partial charge in [-0.2, -0.15) is 0 Å². The Balaban J connectivity index is 1.71. The summed E-state index contributed by atoms with van der Waals surface area (Å²) in [6.45, 7) is 1.77. The first kappa shape index (κ1) is 19.7. The number of alkyl halides is 2. The highest BCUT2D eigenvalue weighted by Crippen LogP contribution is 2.21. The number of benzene rings is 2. The molecule has 0 saturated carbocycles. The van der Waals surface area contributed by atoms with Gasteiger partial charge in [-0.25, -0.2) is 22.2 Å². The van der Waals surface area contributed by atoms with Crippen LogP contribution in [-0.4, -0.2) is 30.0 Å². The van der Waals surface area contributed by atoms with E-state index in [0.717, 1.165) is 0 Å². The van der Waals surface area contributed by atoms with Crippen LogP contribution in [0.4, 0.5) is 20.2 Å². The van der Waals surface area contributed by atoms with E-state index in [9.17, 15) is 22.0 Å². The Kier molecular flexibility index (Phi) is 5.59. The standard InChI is InChI=1S/C18H18F2N4O3S/c1-2-9-28(26,27)24-13-6-4-12(5-7-13)21-18(25)11-3-8-14-15(10-11)23-17(22-14)16(19)20/h3-8,10,16,24H,2,9H2,1H3,(H,21,25)(H,22,23). The van der Waals surface area contributed by atoms with Crippen LogP contribution in [0.1, 0.15) is 36.0 Å². The van der Waals surface area contributed by atoms with Crippen LogP contribution < -0.4 is 10.0 Å². The number of sulfonamides is 1. The molecule has 2 aromatic carbocycles. The van der Waals surface area contributed by atoms with Crippen molar-refractivity contribution in [3.63, 3.8) is 0 Å². The van der Waals surface area contributed by atoms with Crippen LogP contribution in [0.15, 0.2) is 42.5 Å². The maximum Gasteiger partial charge on any atom is 0.295 e. The summed E-state index contributed by atoms with van der Waals surface area (Å²) in [6.07, 6.45) is -2.22. The molecule has 7 nitrogen and oxygen atoms in total. The largest absolute Gasteiger partial charge is 0.337 e. The molecular weight excluding hydrogens is 390 g/mol. The Morgan fingerprint density at radius 2 is 1.82 bits per heavy atom. The van der Waals surface area contributed by atoms with Crippen LogP contribution in [0.2, 0.25) is 0 Å². The van der Waals surface area contributed by atoms with Gasteiger partial charge in [0.1, 0.15) is 0 Å². The lowest BCUT2D eigenvalue weighted by molar-refractivity contribution is 0.102. The number of fused-ring (bicyclic) bond motifs is 1. The summed E-state index contributed by atoms with van der Waals surface area (Å²) in [7, 11) is -3.39. The lowest BCUT2D eigenvalue weighted by Crippen LogP contribution is -2.16. The van der Waals surface area contributed by atoms with Crippen LogP contribution in [0.3, 0.4) is 0 Å². The first-order valence-electron chi connectivity index (χ1n) is 8.47. The number of imidazole rings is 1. The first-order valence-corrected chi connectivity index (χ1v) is 10.1. The molecule has 1 heterocycles. The Labute approximate surface area is 160 Å². The van der Waals surface area contributed by atoms with Gasteiger partial charge in [0.05, 0.1) is 16.8 Å². The molecule has 0 atom stereocenters. The SMILES string of the molecule is CCCS(=O)(=O)Nc1ccc(NC(=O)c2ccc3nc(C(F)F)[nH]c3c2)cc1. The molecule has 0 spiro atoms. The van der Waals surface area contributed by atoms with Gasteiger partial charge < -0.3 is 10.3 Å². The van der Waals surface area contributed by atoms with Crippen LogP contribution in [0.25, 0.3) is 11.0 Å². The second kappa shape index (κ2) is 7.93. The maximum absolute atomic E-state index is 12.7. The number of H-pyrrole nitrogens is 1. The minimum atomic E-state index is -3.39. The van der Waals surface area contributed by atoms with Crippen molar-refractivity contribution in [2.24, 2.45) is 0 Å². The van der Waals surface area contributed by atoms with Gasteiger partial charge in [-0.1, -0.05) is 6.92 Å². The normalized spacial score (nSPS) is 11.7. The molecule has 1 aromatic heterocycles. The second-order valence-electron chi connectivity index (χ2n) is 6.11. The molecule has 148 valence electrons. The van der Waals surface area contributed by atoms with Gasteiger partial charge in [0.2, 0.25) is 10.0 Å². The van der Waals surface area contributed by atoms with E-state index in [1.165, 1.54) is 30.3 Å². The number of anilines is 2. The van der Waals surface area contributed by atoms with Gasteiger partial charge in [-0.3, -0.25) is 9.52 Å². The number of halogens is 2. The van der Waals surface area contributed by atoms with E-state index in [0.29, 0.717) is 28.8 Å². The third kappa shape index (κ3) is 4.63. The highest BCUT2D eigenvalue weighted by atomic mass is 32.2. The minimum Gasteiger partial charge on any atom is -0.337 e. The summed E-state index contributed by atoms with van der Waals surface area (Å²) in [5.74, 6) is -0.863. The Bertz CT molecular complexity index is 1100. The van der Waals surface area contributed by atoms with Crippen LogP contribution >= 0.6 is 0 Å². The number of hydrogen-bond donors (Lipinski definition) is 3. The highest BCUT2D eigenvalue weighted by Gasteiger charge is 2.14. The molecule has 3 N–H and O–H groups in total. The number of hydrogen-bond acceptors (Lipinski definition) is 4. The molecule has 0 aliphatic carbocycles. The zero-order valence-electron chi connectivity index (χ0n) is 14.9. The van der Waals surface area contributed by atoms with Gasteiger partial charge in [-0.05, 0) is 48.9 Å². The van der Waals surface area contributed by atoms with Gasteiger partial charge in [0, 0.05) is 16.9 Å². The highest BCUT2D eigenvalue weighted by molar-refractivity contribution is 7.92. The van der Waals surface area contributed by atoms with Crippen molar-refractivity contribution in [2.75, 3.05) is 15.8 Å². The molecule has 0 aliphatic heterocycles. The fourth-order valence-electron chi connectivity index (χ4n) is 2.60.